The maximum atomic E-state index is 14.4. The van der Waals surface area contributed by atoms with Gasteiger partial charge in [0.15, 0.2) is 0 Å². The summed E-state index contributed by atoms with van der Waals surface area (Å²) in [5.41, 5.74) is -1.35. The van der Waals surface area contributed by atoms with Crippen molar-refractivity contribution in [1.82, 2.24) is 9.88 Å². The molecule has 2 aromatic rings. The number of piperidine rings is 1. The molecule has 1 amide bonds. The number of anilines is 1. The van der Waals surface area contributed by atoms with Crippen molar-refractivity contribution in [3.8, 4) is 6.07 Å². The number of aliphatic imine (C=N–C) groups is 1. The Hall–Kier alpha value is -3.41. The van der Waals surface area contributed by atoms with Crippen LogP contribution in [0, 0.1) is 23.0 Å². The number of nitriles is 1. The Labute approximate surface area is 158 Å². The molecule has 28 heavy (non-hydrogen) atoms. The molecule has 0 atom stereocenters. The van der Waals surface area contributed by atoms with Crippen LogP contribution in [0.4, 0.5) is 18.9 Å². The smallest absolute Gasteiger partial charge is 0.255 e. The molecule has 1 saturated heterocycles. The van der Waals surface area contributed by atoms with Gasteiger partial charge in [0.25, 0.3) is 5.91 Å². The second-order valence-corrected chi connectivity index (χ2v) is 6.67. The number of nitrogens with one attached hydrogen (secondary N) is 1. The lowest BCUT2D eigenvalue weighted by Gasteiger charge is -2.42. The van der Waals surface area contributed by atoms with Crippen molar-refractivity contribution in [2.24, 2.45) is 4.99 Å². The fourth-order valence-electron chi connectivity index (χ4n) is 3.47. The number of nitrogens with zero attached hydrogens (tertiary/aromatic N) is 4. The minimum atomic E-state index is -1.13. The number of amides is 1. The van der Waals surface area contributed by atoms with Gasteiger partial charge in [0, 0.05) is 32.1 Å². The number of hydrogen-bond donors (Lipinski definition) is 1. The van der Waals surface area contributed by atoms with Crippen LogP contribution in [0.2, 0.25) is 0 Å². The summed E-state index contributed by atoms with van der Waals surface area (Å²) in [6.07, 6.45) is 1.78. The first-order chi connectivity index (χ1) is 13.4. The van der Waals surface area contributed by atoms with E-state index in [1.165, 1.54) is 18.3 Å². The Kier molecular flexibility index (Phi) is 4.26. The van der Waals surface area contributed by atoms with Crippen LogP contribution in [-0.4, -0.2) is 40.5 Å². The minimum Gasteiger partial charge on any atom is -0.358 e. The molecule has 9 heteroatoms. The number of likely N-dealkylation sites (tertiary alicyclic amines) is 1. The fraction of sp³-hybridized carbons (Fsp3) is 0.263. The molecule has 0 aliphatic carbocycles. The van der Waals surface area contributed by atoms with E-state index in [0.717, 1.165) is 12.1 Å². The second-order valence-electron chi connectivity index (χ2n) is 6.67. The van der Waals surface area contributed by atoms with E-state index in [1.807, 2.05) is 6.07 Å². The van der Waals surface area contributed by atoms with Crippen LogP contribution in [0.25, 0.3) is 0 Å². The monoisotopic (exact) mass is 385 g/mol. The zero-order chi connectivity index (χ0) is 19.9. The standard InChI is InChI=1S/C19H14F3N5O/c20-13-3-4-14(21)16-15(13)17(22)26-19(25-16)5-7-27(8-6-19)18(28)11-1-2-12(9-23)24-10-11/h1-4,10,25H,5-8H2. The zero-order valence-corrected chi connectivity index (χ0v) is 14.5. The second kappa shape index (κ2) is 6.64. The predicted molar refractivity (Wildman–Crippen MR) is 94.4 cm³/mol. The van der Waals surface area contributed by atoms with Gasteiger partial charge in [0.2, 0.25) is 5.97 Å². The van der Waals surface area contributed by atoms with Gasteiger partial charge in [-0.15, -0.1) is 0 Å². The number of carbonyl (C=O) groups is 1. The lowest BCUT2D eigenvalue weighted by Crippen LogP contribution is -2.51. The minimum absolute atomic E-state index is 0.207. The van der Waals surface area contributed by atoms with E-state index in [0.29, 0.717) is 5.56 Å². The topological polar surface area (TPSA) is 81.4 Å². The summed E-state index contributed by atoms with van der Waals surface area (Å²) in [5.74, 6) is -2.98. The Morgan fingerprint density at radius 3 is 2.50 bits per heavy atom. The number of pyridine rings is 1. The molecule has 1 aromatic heterocycles. The van der Waals surface area contributed by atoms with Crippen LogP contribution >= 0.6 is 0 Å². The fourth-order valence-corrected chi connectivity index (χ4v) is 3.47. The quantitative estimate of drug-likeness (QED) is 0.818. The van der Waals surface area contributed by atoms with Gasteiger partial charge >= 0.3 is 0 Å². The molecule has 0 saturated carbocycles. The third kappa shape index (κ3) is 2.97. The van der Waals surface area contributed by atoms with Gasteiger partial charge in [-0.05, 0) is 24.3 Å². The highest BCUT2D eigenvalue weighted by atomic mass is 19.1. The normalized spacial score (nSPS) is 17.4. The van der Waals surface area contributed by atoms with E-state index in [4.69, 9.17) is 5.26 Å². The largest absolute Gasteiger partial charge is 0.358 e. The van der Waals surface area contributed by atoms with Crippen LogP contribution in [0.1, 0.15) is 34.5 Å². The molecule has 0 bridgehead atoms. The van der Waals surface area contributed by atoms with E-state index in [2.05, 4.69) is 15.3 Å². The molecule has 0 radical (unpaired) electrons. The van der Waals surface area contributed by atoms with Gasteiger partial charge in [-0.2, -0.15) is 9.65 Å². The average molecular weight is 385 g/mol. The first kappa shape index (κ1) is 18.0. The molecule has 1 spiro atoms. The van der Waals surface area contributed by atoms with E-state index >= 15 is 0 Å². The maximum absolute atomic E-state index is 14.4. The molecule has 2 aliphatic rings. The molecule has 1 fully saturated rings. The maximum Gasteiger partial charge on any atom is 0.255 e. The van der Waals surface area contributed by atoms with E-state index in [-0.39, 0.29) is 43.2 Å². The van der Waals surface area contributed by atoms with Crippen molar-refractivity contribution < 1.29 is 18.0 Å². The third-order valence-electron chi connectivity index (χ3n) is 4.98. The van der Waals surface area contributed by atoms with Crippen LogP contribution in [-0.2, 0) is 0 Å². The summed E-state index contributed by atoms with van der Waals surface area (Å²) < 4.78 is 42.4. The molecule has 6 nitrogen and oxygen atoms in total. The molecular formula is C19H14F3N5O. The van der Waals surface area contributed by atoms with Gasteiger partial charge in [-0.25, -0.2) is 18.8 Å². The summed E-state index contributed by atoms with van der Waals surface area (Å²) in [6.45, 7) is 0.490. The van der Waals surface area contributed by atoms with E-state index < -0.39 is 28.8 Å². The van der Waals surface area contributed by atoms with Gasteiger partial charge < -0.3 is 10.2 Å². The van der Waals surface area contributed by atoms with Crippen molar-refractivity contribution in [2.45, 2.75) is 18.5 Å². The highest BCUT2D eigenvalue weighted by Crippen LogP contribution is 2.37. The van der Waals surface area contributed by atoms with Crippen molar-refractivity contribution in [3.63, 3.8) is 0 Å². The lowest BCUT2D eigenvalue weighted by molar-refractivity contribution is 0.0684. The number of aromatic nitrogens is 1. The van der Waals surface area contributed by atoms with Crippen molar-refractivity contribution in [2.75, 3.05) is 18.4 Å². The van der Waals surface area contributed by atoms with Crippen molar-refractivity contribution >= 4 is 17.6 Å². The van der Waals surface area contributed by atoms with Gasteiger partial charge in [0.05, 0.1) is 16.8 Å². The number of benzene rings is 1. The predicted octanol–water partition coefficient (Wildman–Crippen LogP) is 3.01. The highest BCUT2D eigenvalue weighted by molar-refractivity contribution is 6.01. The number of rotatable bonds is 1. The highest BCUT2D eigenvalue weighted by Gasteiger charge is 2.41. The third-order valence-corrected chi connectivity index (χ3v) is 4.98. The van der Waals surface area contributed by atoms with Gasteiger partial charge in [-0.1, -0.05) is 0 Å². The van der Waals surface area contributed by atoms with Crippen LogP contribution in [0.3, 0.4) is 0 Å². The molecule has 142 valence electrons. The van der Waals surface area contributed by atoms with Crippen LogP contribution < -0.4 is 5.32 Å². The van der Waals surface area contributed by atoms with Crippen molar-refractivity contribution in [3.05, 3.63) is 58.9 Å². The Morgan fingerprint density at radius 2 is 1.86 bits per heavy atom. The van der Waals surface area contributed by atoms with E-state index in [1.54, 1.807) is 4.90 Å². The van der Waals surface area contributed by atoms with Gasteiger partial charge in [-0.3, -0.25) is 4.79 Å². The molecule has 1 aromatic carbocycles. The lowest BCUT2D eigenvalue weighted by atomic mass is 9.93. The van der Waals surface area contributed by atoms with Crippen LogP contribution in [0.15, 0.2) is 35.5 Å². The molecule has 3 heterocycles. The molecule has 4 rings (SSSR count). The van der Waals surface area contributed by atoms with Crippen molar-refractivity contribution in [1.29, 1.82) is 5.26 Å². The number of carbonyl (C=O) groups excluding carboxylic acids is 1. The summed E-state index contributed by atoms with van der Waals surface area (Å²) in [7, 11) is 0. The molecular weight excluding hydrogens is 371 g/mol. The zero-order valence-electron chi connectivity index (χ0n) is 14.5. The summed E-state index contributed by atoms with van der Waals surface area (Å²) in [6, 6.07) is 6.64. The SMILES string of the molecule is N#Cc1ccc(C(=O)N2CCC3(CC2)N=C(F)c2c(F)ccc(F)c2N3)cn1. The summed E-state index contributed by atoms with van der Waals surface area (Å²) >= 11 is 0. The number of hydrogen-bond acceptors (Lipinski definition) is 5. The Morgan fingerprint density at radius 1 is 1.14 bits per heavy atom. The summed E-state index contributed by atoms with van der Waals surface area (Å²) in [5, 5.41) is 11.6. The first-order valence-corrected chi connectivity index (χ1v) is 8.60. The van der Waals surface area contributed by atoms with E-state index in [9.17, 15) is 18.0 Å². The summed E-state index contributed by atoms with van der Waals surface area (Å²) in [4.78, 5) is 22.0. The van der Waals surface area contributed by atoms with Crippen LogP contribution in [0.5, 0.6) is 0 Å². The number of fused-ring (bicyclic) bond motifs is 1. The Balaban J connectivity index is 1.52. The molecule has 1 N–H and O–H groups in total. The first-order valence-electron chi connectivity index (χ1n) is 8.60. The molecule has 0 unspecified atom stereocenters. The number of halogens is 3. The molecule has 2 aliphatic heterocycles. The van der Waals surface area contributed by atoms with Gasteiger partial charge in [0.1, 0.15) is 29.1 Å². The average Bonchev–Trinajstić information content (AvgIpc) is 2.71. The Bertz CT molecular complexity index is 1020.